The summed E-state index contributed by atoms with van der Waals surface area (Å²) in [6.07, 6.45) is 6.40. The first-order valence-electron chi connectivity index (χ1n) is 7.26. The van der Waals surface area contributed by atoms with Crippen molar-refractivity contribution in [3.63, 3.8) is 0 Å². The zero-order valence-corrected chi connectivity index (χ0v) is 12.8. The molecule has 1 aromatic heterocycles. The average molecular weight is 301 g/mol. The van der Waals surface area contributed by atoms with Crippen molar-refractivity contribution in [3.05, 3.63) is 48.5 Å². The van der Waals surface area contributed by atoms with E-state index in [0.717, 1.165) is 30.2 Å². The van der Waals surface area contributed by atoms with Crippen molar-refractivity contribution in [2.24, 2.45) is 0 Å². The van der Waals surface area contributed by atoms with E-state index in [1.807, 2.05) is 36.2 Å². The molecule has 21 heavy (non-hydrogen) atoms. The van der Waals surface area contributed by atoms with Crippen LogP contribution >= 0.6 is 11.8 Å². The third kappa shape index (κ3) is 3.36. The van der Waals surface area contributed by atoms with Crippen LogP contribution in [0.3, 0.4) is 0 Å². The molecule has 0 fully saturated rings. The standard InChI is InChI=1S/C16H19N3OS/c1-2-7-19-16(12-10-17-8-9-18-12)14-11-21-15-6-4-3-5-13(15)20-14/h3-6,8-10,14,16,19H,2,7,11H2,1H3. The van der Waals surface area contributed by atoms with E-state index in [-0.39, 0.29) is 12.1 Å². The fourth-order valence-electron chi connectivity index (χ4n) is 2.40. The van der Waals surface area contributed by atoms with Gasteiger partial charge >= 0.3 is 0 Å². The highest BCUT2D eigenvalue weighted by atomic mass is 32.2. The molecule has 0 amide bonds. The van der Waals surface area contributed by atoms with Crippen LogP contribution < -0.4 is 10.1 Å². The number of rotatable bonds is 5. The first-order valence-corrected chi connectivity index (χ1v) is 8.25. The van der Waals surface area contributed by atoms with Gasteiger partial charge in [0.1, 0.15) is 11.9 Å². The maximum Gasteiger partial charge on any atom is 0.133 e. The number of fused-ring (bicyclic) bond motifs is 1. The lowest BCUT2D eigenvalue weighted by molar-refractivity contribution is 0.164. The average Bonchev–Trinajstić information content (AvgIpc) is 2.56. The second-order valence-electron chi connectivity index (χ2n) is 4.98. The van der Waals surface area contributed by atoms with Crippen LogP contribution in [0.1, 0.15) is 25.1 Å². The molecule has 0 spiro atoms. The predicted octanol–water partition coefficient (Wildman–Crippen LogP) is 3.07. The predicted molar refractivity (Wildman–Crippen MR) is 84.6 cm³/mol. The zero-order valence-electron chi connectivity index (χ0n) is 12.0. The number of thioether (sulfide) groups is 1. The van der Waals surface area contributed by atoms with Gasteiger partial charge in [-0.1, -0.05) is 19.1 Å². The van der Waals surface area contributed by atoms with Crippen LogP contribution in [0.4, 0.5) is 0 Å². The van der Waals surface area contributed by atoms with Crippen LogP contribution in [0.25, 0.3) is 0 Å². The lowest BCUT2D eigenvalue weighted by atomic mass is 10.1. The summed E-state index contributed by atoms with van der Waals surface area (Å²) in [5.74, 6) is 1.88. The second-order valence-corrected chi connectivity index (χ2v) is 6.04. The number of para-hydroxylation sites is 1. The molecule has 5 heteroatoms. The summed E-state index contributed by atoms with van der Waals surface area (Å²) in [6, 6.07) is 8.26. The Morgan fingerprint density at radius 3 is 3.10 bits per heavy atom. The largest absolute Gasteiger partial charge is 0.486 e. The first-order chi connectivity index (χ1) is 10.4. The highest BCUT2D eigenvalue weighted by molar-refractivity contribution is 7.99. The van der Waals surface area contributed by atoms with Gasteiger partial charge in [-0.3, -0.25) is 9.97 Å². The van der Waals surface area contributed by atoms with Crippen molar-refractivity contribution >= 4 is 11.8 Å². The summed E-state index contributed by atoms with van der Waals surface area (Å²) in [6.45, 7) is 3.10. The third-order valence-corrected chi connectivity index (χ3v) is 4.56. The molecule has 2 atom stereocenters. The molecule has 0 saturated carbocycles. The van der Waals surface area contributed by atoms with Gasteiger partial charge in [0.2, 0.25) is 0 Å². The minimum absolute atomic E-state index is 0.0631. The molecule has 4 nitrogen and oxygen atoms in total. The molecule has 0 bridgehead atoms. The van der Waals surface area contributed by atoms with Gasteiger partial charge in [0, 0.05) is 23.0 Å². The number of nitrogens with one attached hydrogen (secondary N) is 1. The Labute approximate surface area is 129 Å². The van der Waals surface area contributed by atoms with Gasteiger partial charge < -0.3 is 10.1 Å². The van der Waals surface area contributed by atoms with E-state index in [1.54, 1.807) is 12.4 Å². The zero-order chi connectivity index (χ0) is 14.5. The minimum atomic E-state index is 0.0631. The van der Waals surface area contributed by atoms with E-state index in [2.05, 4.69) is 28.3 Å². The number of benzene rings is 1. The van der Waals surface area contributed by atoms with E-state index >= 15 is 0 Å². The van der Waals surface area contributed by atoms with Gasteiger partial charge in [0.05, 0.1) is 17.9 Å². The van der Waals surface area contributed by atoms with E-state index in [1.165, 1.54) is 4.90 Å². The van der Waals surface area contributed by atoms with Crippen LogP contribution in [0.15, 0.2) is 47.8 Å². The summed E-state index contributed by atoms with van der Waals surface area (Å²) in [4.78, 5) is 9.85. The van der Waals surface area contributed by atoms with Crippen LogP contribution in [-0.4, -0.2) is 28.4 Å². The summed E-state index contributed by atoms with van der Waals surface area (Å²) < 4.78 is 6.19. The summed E-state index contributed by atoms with van der Waals surface area (Å²) in [5.41, 5.74) is 0.941. The number of hydrogen-bond donors (Lipinski definition) is 1. The molecule has 1 N–H and O–H groups in total. The SMILES string of the molecule is CCCNC(c1cnccn1)C1CSc2ccccc2O1. The molecule has 0 radical (unpaired) electrons. The van der Waals surface area contributed by atoms with Crippen LogP contribution in [-0.2, 0) is 0 Å². The number of aromatic nitrogens is 2. The molecule has 1 aliphatic rings. The monoisotopic (exact) mass is 301 g/mol. The molecule has 0 saturated heterocycles. The molecule has 2 heterocycles. The van der Waals surface area contributed by atoms with Crippen molar-refractivity contribution in [2.45, 2.75) is 30.4 Å². The maximum absolute atomic E-state index is 6.19. The fraction of sp³-hybridized carbons (Fsp3) is 0.375. The highest BCUT2D eigenvalue weighted by Crippen LogP contribution is 2.37. The van der Waals surface area contributed by atoms with Gasteiger partial charge in [0.25, 0.3) is 0 Å². The maximum atomic E-state index is 6.19. The Morgan fingerprint density at radius 2 is 2.29 bits per heavy atom. The molecule has 2 aromatic rings. The van der Waals surface area contributed by atoms with Gasteiger partial charge in [0.15, 0.2) is 0 Å². The lowest BCUT2D eigenvalue weighted by Gasteiger charge is -2.32. The smallest absolute Gasteiger partial charge is 0.133 e. The van der Waals surface area contributed by atoms with Crippen LogP contribution in [0, 0.1) is 0 Å². The summed E-state index contributed by atoms with van der Waals surface area (Å²) in [5, 5.41) is 3.55. The Balaban J connectivity index is 1.81. The quantitative estimate of drug-likeness (QED) is 0.919. The molecule has 3 rings (SSSR count). The Morgan fingerprint density at radius 1 is 1.38 bits per heavy atom. The van der Waals surface area contributed by atoms with Gasteiger partial charge in [-0.2, -0.15) is 0 Å². The minimum Gasteiger partial charge on any atom is -0.486 e. The van der Waals surface area contributed by atoms with Crippen LogP contribution in [0.2, 0.25) is 0 Å². The fourth-order valence-corrected chi connectivity index (χ4v) is 3.44. The topological polar surface area (TPSA) is 47.0 Å². The van der Waals surface area contributed by atoms with Crippen molar-refractivity contribution in [2.75, 3.05) is 12.3 Å². The van der Waals surface area contributed by atoms with Crippen LogP contribution in [0.5, 0.6) is 5.75 Å². The van der Waals surface area contributed by atoms with Crippen molar-refractivity contribution in [1.29, 1.82) is 0 Å². The Kier molecular flexibility index (Phi) is 4.72. The van der Waals surface area contributed by atoms with Crippen molar-refractivity contribution < 1.29 is 4.74 Å². The Bertz CT molecular complexity index is 579. The second kappa shape index (κ2) is 6.91. The third-order valence-electron chi connectivity index (χ3n) is 3.42. The van der Waals surface area contributed by atoms with Gasteiger partial charge in [-0.05, 0) is 25.1 Å². The number of ether oxygens (including phenoxy) is 1. The molecule has 1 aromatic carbocycles. The lowest BCUT2D eigenvalue weighted by Crippen LogP contribution is -2.39. The van der Waals surface area contributed by atoms with Crippen molar-refractivity contribution in [1.82, 2.24) is 15.3 Å². The first kappa shape index (κ1) is 14.4. The molecule has 110 valence electrons. The van der Waals surface area contributed by atoms with Gasteiger partial charge in [-0.25, -0.2) is 0 Å². The molecular weight excluding hydrogens is 282 g/mol. The molecule has 2 unspecified atom stereocenters. The summed E-state index contributed by atoms with van der Waals surface area (Å²) in [7, 11) is 0. The van der Waals surface area contributed by atoms with E-state index in [4.69, 9.17) is 4.74 Å². The van der Waals surface area contributed by atoms with E-state index in [9.17, 15) is 0 Å². The summed E-state index contributed by atoms with van der Waals surface area (Å²) >= 11 is 1.84. The molecular formula is C16H19N3OS. The molecule has 1 aliphatic heterocycles. The number of nitrogens with zero attached hydrogens (tertiary/aromatic N) is 2. The van der Waals surface area contributed by atoms with E-state index in [0.29, 0.717) is 0 Å². The van der Waals surface area contributed by atoms with Crippen molar-refractivity contribution in [3.8, 4) is 5.75 Å². The molecule has 0 aliphatic carbocycles. The van der Waals surface area contributed by atoms with E-state index < -0.39 is 0 Å². The Hall–Kier alpha value is -1.59. The normalized spacial score (nSPS) is 18.6. The number of hydrogen-bond acceptors (Lipinski definition) is 5. The highest BCUT2D eigenvalue weighted by Gasteiger charge is 2.29. The van der Waals surface area contributed by atoms with Gasteiger partial charge in [-0.15, -0.1) is 11.8 Å².